The second-order valence-electron chi connectivity index (χ2n) is 2.19. The number of ether oxygens (including phenoxy) is 1. The van der Waals surface area contributed by atoms with Gasteiger partial charge in [-0.05, 0) is 19.3 Å². The first-order chi connectivity index (χ1) is 4.33. The Morgan fingerprint density at radius 1 is 1.56 bits per heavy atom. The maximum atomic E-state index is 10.3. The van der Waals surface area contributed by atoms with Gasteiger partial charge >= 0.3 is 5.97 Å². The number of carbonyl (C=O) groups excluding carboxylic acids is 1. The monoisotopic (exact) mass is 129 g/mol. The highest BCUT2D eigenvalue weighted by Gasteiger charge is 2.20. The lowest BCUT2D eigenvalue weighted by Gasteiger charge is -2.24. The minimum atomic E-state index is -0.740. The molecule has 1 aliphatic carbocycles. The van der Waals surface area contributed by atoms with Crippen LogP contribution in [0, 0.1) is 0 Å². The largest absolute Gasteiger partial charge is 0.461 e. The SMILES string of the molecule is [O]CC(=O)OC1CCC1. The van der Waals surface area contributed by atoms with E-state index in [-0.39, 0.29) is 6.10 Å². The van der Waals surface area contributed by atoms with E-state index in [1.807, 2.05) is 0 Å². The van der Waals surface area contributed by atoms with E-state index >= 15 is 0 Å². The van der Waals surface area contributed by atoms with Gasteiger partial charge in [-0.1, -0.05) is 0 Å². The summed E-state index contributed by atoms with van der Waals surface area (Å²) >= 11 is 0. The molecule has 0 N–H and O–H groups in total. The maximum absolute atomic E-state index is 10.3. The number of esters is 1. The molecule has 0 saturated heterocycles. The zero-order valence-corrected chi connectivity index (χ0v) is 5.13. The summed E-state index contributed by atoms with van der Waals surface area (Å²) in [7, 11) is 0. The Hall–Kier alpha value is -0.570. The Morgan fingerprint density at radius 3 is 2.56 bits per heavy atom. The molecule has 1 saturated carbocycles. The summed E-state index contributed by atoms with van der Waals surface area (Å²) in [6.07, 6.45) is 3.06. The lowest BCUT2D eigenvalue weighted by atomic mass is 9.96. The van der Waals surface area contributed by atoms with Crippen LogP contribution in [0.1, 0.15) is 19.3 Å². The van der Waals surface area contributed by atoms with Gasteiger partial charge in [-0.2, -0.15) is 0 Å². The zero-order valence-electron chi connectivity index (χ0n) is 5.13. The first-order valence-corrected chi connectivity index (χ1v) is 3.10. The van der Waals surface area contributed by atoms with Gasteiger partial charge in [0.25, 0.3) is 0 Å². The van der Waals surface area contributed by atoms with Gasteiger partial charge in [0.15, 0.2) is 6.61 Å². The molecular formula is C6H9O3. The van der Waals surface area contributed by atoms with E-state index in [1.165, 1.54) is 0 Å². The molecule has 9 heavy (non-hydrogen) atoms. The average molecular weight is 129 g/mol. The first kappa shape index (κ1) is 6.55. The molecule has 0 amide bonds. The van der Waals surface area contributed by atoms with Gasteiger partial charge in [0.1, 0.15) is 6.10 Å². The molecule has 0 aromatic rings. The van der Waals surface area contributed by atoms with Crippen LogP contribution in [0.25, 0.3) is 0 Å². The fourth-order valence-corrected chi connectivity index (χ4v) is 0.709. The normalized spacial score (nSPS) is 18.8. The van der Waals surface area contributed by atoms with E-state index in [0.717, 1.165) is 19.3 Å². The number of carbonyl (C=O) groups is 1. The molecular weight excluding hydrogens is 120 g/mol. The molecule has 0 unspecified atom stereocenters. The van der Waals surface area contributed by atoms with Crippen molar-refractivity contribution in [3.63, 3.8) is 0 Å². The Balaban J connectivity index is 2.09. The lowest BCUT2D eigenvalue weighted by molar-refractivity contribution is -0.158. The third-order valence-electron chi connectivity index (χ3n) is 1.47. The summed E-state index contributed by atoms with van der Waals surface area (Å²) in [6.45, 7) is -0.740. The van der Waals surface area contributed by atoms with E-state index < -0.39 is 12.6 Å². The highest BCUT2D eigenvalue weighted by molar-refractivity contribution is 5.70. The fourth-order valence-electron chi connectivity index (χ4n) is 0.709. The minimum absolute atomic E-state index is 0.0615. The van der Waals surface area contributed by atoms with Crippen molar-refractivity contribution in [2.75, 3.05) is 6.61 Å². The molecule has 0 heterocycles. The second kappa shape index (κ2) is 2.82. The van der Waals surface area contributed by atoms with Crippen LogP contribution >= 0.6 is 0 Å². The summed E-state index contributed by atoms with van der Waals surface area (Å²) in [5.41, 5.74) is 0. The molecule has 3 heteroatoms. The highest BCUT2D eigenvalue weighted by Crippen LogP contribution is 2.21. The highest BCUT2D eigenvalue weighted by atomic mass is 16.6. The molecule has 1 rings (SSSR count). The van der Waals surface area contributed by atoms with Crippen LogP contribution in [0.15, 0.2) is 0 Å². The predicted molar refractivity (Wildman–Crippen MR) is 29.3 cm³/mol. The molecule has 0 spiro atoms. The van der Waals surface area contributed by atoms with Crippen molar-refractivity contribution >= 4 is 5.97 Å². The topological polar surface area (TPSA) is 46.2 Å². The zero-order chi connectivity index (χ0) is 6.69. The molecule has 0 atom stereocenters. The molecule has 0 aromatic carbocycles. The van der Waals surface area contributed by atoms with Crippen LogP contribution in [0.3, 0.4) is 0 Å². The third kappa shape index (κ3) is 1.68. The molecule has 1 radical (unpaired) electrons. The van der Waals surface area contributed by atoms with Crippen LogP contribution in [-0.4, -0.2) is 18.7 Å². The van der Waals surface area contributed by atoms with Gasteiger partial charge in [-0.3, -0.25) is 0 Å². The van der Waals surface area contributed by atoms with E-state index in [0.29, 0.717) is 0 Å². The molecule has 3 nitrogen and oxygen atoms in total. The van der Waals surface area contributed by atoms with Crippen LogP contribution in [0.4, 0.5) is 0 Å². The van der Waals surface area contributed by atoms with Crippen LogP contribution in [0.2, 0.25) is 0 Å². The first-order valence-electron chi connectivity index (χ1n) is 3.10. The standard InChI is InChI=1S/C6H9O3/c7-4-6(8)9-5-2-1-3-5/h5H,1-4H2. The smallest absolute Gasteiger partial charge is 0.335 e. The van der Waals surface area contributed by atoms with Crippen molar-refractivity contribution < 1.29 is 14.6 Å². The van der Waals surface area contributed by atoms with Crippen LogP contribution < -0.4 is 0 Å². The molecule has 0 aromatic heterocycles. The molecule has 1 fully saturated rings. The number of hydrogen-bond acceptors (Lipinski definition) is 2. The summed E-state index contributed by atoms with van der Waals surface area (Å²) in [5, 5.41) is 9.83. The summed E-state index contributed by atoms with van der Waals surface area (Å²) in [5.74, 6) is -0.611. The van der Waals surface area contributed by atoms with Gasteiger partial charge < -0.3 is 4.74 Å². The average Bonchev–Trinajstić information content (AvgIpc) is 1.78. The Bertz CT molecular complexity index is 107. The van der Waals surface area contributed by atoms with Crippen molar-refractivity contribution in [1.82, 2.24) is 0 Å². The molecule has 0 aliphatic heterocycles. The van der Waals surface area contributed by atoms with Crippen molar-refractivity contribution in [3.05, 3.63) is 0 Å². The summed E-state index contributed by atoms with van der Waals surface area (Å²) in [6, 6.07) is 0. The number of hydrogen-bond donors (Lipinski definition) is 0. The van der Waals surface area contributed by atoms with Gasteiger partial charge in [-0.15, -0.1) is 0 Å². The molecule has 0 bridgehead atoms. The second-order valence-corrected chi connectivity index (χ2v) is 2.19. The quantitative estimate of drug-likeness (QED) is 0.510. The summed E-state index contributed by atoms with van der Waals surface area (Å²) < 4.78 is 4.68. The Kier molecular flexibility index (Phi) is 2.05. The number of rotatable bonds is 2. The molecule has 1 aliphatic rings. The lowest BCUT2D eigenvalue weighted by Crippen LogP contribution is -2.26. The maximum Gasteiger partial charge on any atom is 0.335 e. The van der Waals surface area contributed by atoms with E-state index in [4.69, 9.17) is 0 Å². The van der Waals surface area contributed by atoms with Gasteiger partial charge in [0.05, 0.1) is 0 Å². The van der Waals surface area contributed by atoms with Gasteiger partial charge in [0, 0.05) is 0 Å². The summed E-state index contributed by atoms with van der Waals surface area (Å²) in [4.78, 5) is 10.3. The van der Waals surface area contributed by atoms with Gasteiger partial charge in [0.2, 0.25) is 0 Å². The van der Waals surface area contributed by atoms with E-state index in [9.17, 15) is 9.90 Å². The van der Waals surface area contributed by atoms with Crippen molar-refractivity contribution in [1.29, 1.82) is 0 Å². The van der Waals surface area contributed by atoms with E-state index in [2.05, 4.69) is 4.74 Å². The third-order valence-corrected chi connectivity index (χ3v) is 1.47. The van der Waals surface area contributed by atoms with Crippen LogP contribution in [-0.2, 0) is 14.6 Å². The van der Waals surface area contributed by atoms with Crippen LogP contribution in [0.5, 0.6) is 0 Å². The van der Waals surface area contributed by atoms with Crippen molar-refractivity contribution in [2.45, 2.75) is 25.4 Å². The van der Waals surface area contributed by atoms with Gasteiger partial charge in [-0.25, -0.2) is 9.90 Å². The van der Waals surface area contributed by atoms with Crippen molar-refractivity contribution in [2.24, 2.45) is 0 Å². The van der Waals surface area contributed by atoms with E-state index in [1.54, 1.807) is 0 Å². The Labute approximate surface area is 53.6 Å². The van der Waals surface area contributed by atoms with Crippen molar-refractivity contribution in [3.8, 4) is 0 Å². The molecule has 51 valence electrons. The predicted octanol–water partition coefficient (Wildman–Crippen LogP) is 0.513. The fraction of sp³-hybridized carbons (Fsp3) is 0.833. The minimum Gasteiger partial charge on any atom is -0.461 e. The Morgan fingerprint density at radius 2 is 2.22 bits per heavy atom.